The molecule has 0 aliphatic carbocycles. The Labute approximate surface area is 168 Å². The highest BCUT2D eigenvalue weighted by molar-refractivity contribution is 7.89. The van der Waals surface area contributed by atoms with E-state index in [0.717, 1.165) is 0 Å². The fourth-order valence-corrected chi connectivity index (χ4v) is 4.97. The number of pyridine rings is 1. The second-order valence-corrected chi connectivity index (χ2v) is 8.93. The molecule has 28 heavy (non-hydrogen) atoms. The third kappa shape index (κ3) is 4.19. The van der Waals surface area contributed by atoms with Gasteiger partial charge < -0.3 is 9.84 Å². The molecule has 9 nitrogen and oxygen atoms in total. The van der Waals surface area contributed by atoms with Crippen molar-refractivity contribution in [3.63, 3.8) is 0 Å². The summed E-state index contributed by atoms with van der Waals surface area (Å²) in [5.74, 6) is 0.487. The summed E-state index contributed by atoms with van der Waals surface area (Å²) >= 11 is 5.79. The lowest BCUT2D eigenvalue weighted by Crippen LogP contribution is -2.54. The van der Waals surface area contributed by atoms with Crippen LogP contribution in [0.1, 0.15) is 18.4 Å². The van der Waals surface area contributed by atoms with Gasteiger partial charge >= 0.3 is 0 Å². The van der Waals surface area contributed by atoms with Crippen molar-refractivity contribution in [2.24, 2.45) is 0 Å². The number of nitrogens with zero attached hydrogens (tertiary/aromatic N) is 4. The molecule has 1 amide bonds. The summed E-state index contributed by atoms with van der Waals surface area (Å²) in [6, 6.07) is 2.84. The molecule has 0 radical (unpaired) electrons. The Hall–Kier alpha value is -2.01. The lowest BCUT2D eigenvalue weighted by molar-refractivity contribution is -0.121. The number of rotatable bonds is 5. The molecule has 1 atom stereocenters. The SMILES string of the molecule is Cc1noc(C)c1S(=O)(=O)N1CCN(C(C)C(=O)Nc2ccc(Cl)cn2)CC1. The third-order valence-corrected chi connectivity index (χ3v) is 7.11. The van der Waals surface area contributed by atoms with E-state index in [1.54, 1.807) is 32.9 Å². The predicted octanol–water partition coefficient (Wildman–Crippen LogP) is 1.67. The van der Waals surface area contributed by atoms with Crippen LogP contribution < -0.4 is 5.32 Å². The predicted molar refractivity (Wildman–Crippen MR) is 104 cm³/mol. The summed E-state index contributed by atoms with van der Waals surface area (Å²) in [4.78, 5) is 18.6. The van der Waals surface area contributed by atoms with E-state index in [9.17, 15) is 13.2 Å². The first-order valence-corrected chi connectivity index (χ1v) is 10.6. The van der Waals surface area contributed by atoms with Crippen molar-refractivity contribution in [1.82, 2.24) is 19.3 Å². The number of halogens is 1. The quantitative estimate of drug-likeness (QED) is 0.772. The van der Waals surface area contributed by atoms with Crippen molar-refractivity contribution in [3.05, 3.63) is 34.8 Å². The van der Waals surface area contributed by atoms with E-state index in [1.165, 1.54) is 10.5 Å². The number of aryl methyl sites for hydroxylation is 2. The molecule has 2 aromatic heterocycles. The first kappa shape index (κ1) is 20.7. The molecule has 0 saturated carbocycles. The number of hydrogen-bond donors (Lipinski definition) is 1. The standard InChI is InChI=1S/C17H22ClN5O4S/c1-11-16(13(3)27-21-11)28(25,26)23-8-6-22(7-9-23)12(2)17(24)20-15-5-4-14(18)10-19-15/h4-5,10,12H,6-9H2,1-3H3,(H,19,20,24). The normalized spacial score (nSPS) is 17.4. The van der Waals surface area contributed by atoms with E-state index < -0.39 is 16.1 Å². The minimum Gasteiger partial charge on any atom is -0.360 e. The smallest absolute Gasteiger partial charge is 0.248 e. The molecule has 1 saturated heterocycles. The molecular weight excluding hydrogens is 406 g/mol. The van der Waals surface area contributed by atoms with Gasteiger partial charge in [0.1, 0.15) is 16.4 Å². The minimum atomic E-state index is -3.67. The van der Waals surface area contributed by atoms with Crippen molar-refractivity contribution in [3.8, 4) is 0 Å². The largest absolute Gasteiger partial charge is 0.360 e. The van der Waals surface area contributed by atoms with Crippen LogP contribution in [0.15, 0.2) is 27.7 Å². The van der Waals surface area contributed by atoms with Crippen LogP contribution in [0.3, 0.4) is 0 Å². The van der Waals surface area contributed by atoms with Gasteiger partial charge in [-0.15, -0.1) is 0 Å². The van der Waals surface area contributed by atoms with Crippen molar-refractivity contribution in [1.29, 1.82) is 0 Å². The zero-order valence-corrected chi connectivity index (χ0v) is 17.4. The molecule has 152 valence electrons. The Morgan fingerprint density at radius 1 is 1.25 bits per heavy atom. The summed E-state index contributed by atoms with van der Waals surface area (Å²) in [6.45, 7) is 6.41. The van der Waals surface area contributed by atoms with Crippen LogP contribution in [-0.2, 0) is 14.8 Å². The number of nitrogens with one attached hydrogen (secondary N) is 1. The molecule has 1 N–H and O–H groups in total. The van der Waals surface area contributed by atoms with E-state index in [4.69, 9.17) is 16.1 Å². The Kier molecular flexibility index (Phi) is 6.04. The fraction of sp³-hybridized carbons (Fsp3) is 0.471. The summed E-state index contributed by atoms with van der Waals surface area (Å²) in [5.41, 5.74) is 0.350. The highest BCUT2D eigenvalue weighted by atomic mass is 35.5. The zero-order valence-electron chi connectivity index (χ0n) is 15.8. The summed E-state index contributed by atoms with van der Waals surface area (Å²) in [6.07, 6.45) is 1.46. The second kappa shape index (κ2) is 8.16. The van der Waals surface area contributed by atoms with Gasteiger partial charge in [-0.1, -0.05) is 16.8 Å². The third-order valence-electron chi connectivity index (χ3n) is 4.74. The molecule has 1 aliphatic heterocycles. The number of amides is 1. The van der Waals surface area contributed by atoms with Crippen molar-refractivity contribution in [2.75, 3.05) is 31.5 Å². The van der Waals surface area contributed by atoms with Gasteiger partial charge in [-0.2, -0.15) is 4.31 Å². The van der Waals surface area contributed by atoms with Gasteiger partial charge in [0.2, 0.25) is 15.9 Å². The van der Waals surface area contributed by atoms with Gasteiger partial charge in [0.25, 0.3) is 0 Å². The molecule has 1 unspecified atom stereocenters. The van der Waals surface area contributed by atoms with Crippen molar-refractivity contribution < 1.29 is 17.7 Å². The summed E-state index contributed by atoms with van der Waals surface area (Å²) in [7, 11) is -3.67. The molecule has 1 fully saturated rings. The topological polar surface area (TPSA) is 109 Å². The van der Waals surface area contributed by atoms with Gasteiger partial charge in [-0.25, -0.2) is 13.4 Å². The van der Waals surface area contributed by atoms with E-state index >= 15 is 0 Å². The maximum absolute atomic E-state index is 12.9. The average Bonchev–Trinajstić information content (AvgIpc) is 3.02. The fourth-order valence-electron chi connectivity index (χ4n) is 3.15. The Balaban J connectivity index is 1.61. The van der Waals surface area contributed by atoms with E-state index in [-0.39, 0.29) is 29.7 Å². The molecule has 0 bridgehead atoms. The van der Waals surface area contributed by atoms with E-state index in [0.29, 0.717) is 29.6 Å². The van der Waals surface area contributed by atoms with Gasteiger partial charge in [0.05, 0.1) is 11.1 Å². The number of piperazine rings is 1. The minimum absolute atomic E-state index is 0.126. The second-order valence-electron chi connectivity index (χ2n) is 6.62. The van der Waals surface area contributed by atoms with Crippen LogP contribution in [0.25, 0.3) is 0 Å². The van der Waals surface area contributed by atoms with Gasteiger partial charge in [0.15, 0.2) is 5.76 Å². The van der Waals surface area contributed by atoms with Crippen molar-refractivity contribution >= 4 is 33.3 Å². The van der Waals surface area contributed by atoms with Crippen LogP contribution in [0.2, 0.25) is 5.02 Å². The van der Waals surface area contributed by atoms with Gasteiger partial charge in [-0.05, 0) is 32.9 Å². The molecule has 3 heterocycles. The number of carbonyl (C=O) groups is 1. The maximum Gasteiger partial charge on any atom is 0.248 e. The lowest BCUT2D eigenvalue weighted by atomic mass is 10.2. The lowest BCUT2D eigenvalue weighted by Gasteiger charge is -2.36. The van der Waals surface area contributed by atoms with E-state index in [1.807, 2.05) is 4.90 Å². The Morgan fingerprint density at radius 2 is 1.93 bits per heavy atom. The number of hydrogen-bond acceptors (Lipinski definition) is 7. The molecule has 3 rings (SSSR count). The highest BCUT2D eigenvalue weighted by Crippen LogP contribution is 2.24. The molecule has 1 aliphatic rings. The molecule has 0 spiro atoms. The molecule has 11 heteroatoms. The first-order chi connectivity index (χ1) is 13.2. The summed E-state index contributed by atoms with van der Waals surface area (Å²) in [5, 5.41) is 6.96. The van der Waals surface area contributed by atoms with Crippen LogP contribution in [0.5, 0.6) is 0 Å². The Bertz CT molecular complexity index is 933. The first-order valence-electron chi connectivity index (χ1n) is 8.79. The van der Waals surface area contributed by atoms with Crippen LogP contribution in [-0.4, -0.2) is 65.9 Å². The van der Waals surface area contributed by atoms with Crippen molar-refractivity contribution in [2.45, 2.75) is 31.7 Å². The number of carbonyl (C=O) groups excluding carboxylic acids is 1. The molecule has 0 aromatic carbocycles. The van der Waals surface area contributed by atoms with Gasteiger partial charge in [-0.3, -0.25) is 9.69 Å². The van der Waals surface area contributed by atoms with Crippen LogP contribution >= 0.6 is 11.6 Å². The maximum atomic E-state index is 12.9. The van der Waals surface area contributed by atoms with Crippen LogP contribution in [0.4, 0.5) is 5.82 Å². The number of aromatic nitrogens is 2. The molecular formula is C17H22ClN5O4S. The van der Waals surface area contributed by atoms with Gasteiger partial charge in [0, 0.05) is 32.4 Å². The van der Waals surface area contributed by atoms with Crippen LogP contribution in [0, 0.1) is 13.8 Å². The van der Waals surface area contributed by atoms with E-state index in [2.05, 4.69) is 15.5 Å². The zero-order chi connectivity index (χ0) is 20.5. The highest BCUT2D eigenvalue weighted by Gasteiger charge is 2.35. The summed E-state index contributed by atoms with van der Waals surface area (Å²) < 4.78 is 32.2. The average molecular weight is 428 g/mol. The Morgan fingerprint density at radius 3 is 2.46 bits per heavy atom. The number of anilines is 1. The number of sulfonamides is 1. The molecule has 2 aromatic rings. The monoisotopic (exact) mass is 427 g/mol.